The molecule has 1 aromatic heterocycles. The van der Waals surface area contributed by atoms with E-state index in [2.05, 4.69) is 4.98 Å². The molecular formula is C16H16N2O2. The third-order valence-corrected chi connectivity index (χ3v) is 3.76. The molecule has 3 rings (SSSR count). The predicted octanol–water partition coefficient (Wildman–Crippen LogP) is 2.61. The van der Waals surface area contributed by atoms with E-state index < -0.39 is 5.72 Å². The van der Waals surface area contributed by atoms with Gasteiger partial charge in [0.1, 0.15) is 5.82 Å². The number of fused-ring (bicyclic) bond motifs is 1. The molecule has 0 bridgehead atoms. The number of hydrogen-bond donors (Lipinski definition) is 1. The van der Waals surface area contributed by atoms with Gasteiger partial charge >= 0.3 is 0 Å². The highest BCUT2D eigenvalue weighted by Crippen LogP contribution is 2.41. The van der Waals surface area contributed by atoms with Gasteiger partial charge in [-0.05, 0) is 31.5 Å². The zero-order valence-electron chi connectivity index (χ0n) is 11.5. The van der Waals surface area contributed by atoms with E-state index in [1.807, 2.05) is 32.0 Å². The fraction of sp³-hybridized carbons (Fsp3) is 0.250. The number of carbonyl (C=O) groups excluding carboxylic acids is 1. The van der Waals surface area contributed by atoms with Crippen molar-refractivity contribution in [3.63, 3.8) is 0 Å². The van der Waals surface area contributed by atoms with Crippen LogP contribution >= 0.6 is 0 Å². The lowest BCUT2D eigenvalue weighted by atomic mass is 9.99. The fourth-order valence-corrected chi connectivity index (χ4v) is 2.72. The third kappa shape index (κ3) is 1.65. The highest BCUT2D eigenvalue weighted by atomic mass is 16.3. The second-order valence-electron chi connectivity index (χ2n) is 4.99. The SMILES string of the molecule is CCC1(O)c2ccccc2C(=O)N1c1cccc(C)n1. The number of benzene rings is 1. The minimum atomic E-state index is -1.32. The van der Waals surface area contributed by atoms with Gasteiger partial charge in [0.05, 0.1) is 0 Å². The van der Waals surface area contributed by atoms with E-state index in [9.17, 15) is 9.90 Å². The fourth-order valence-electron chi connectivity index (χ4n) is 2.72. The Kier molecular flexibility index (Phi) is 2.83. The smallest absolute Gasteiger partial charge is 0.262 e. The van der Waals surface area contributed by atoms with Crippen molar-refractivity contribution in [3.05, 3.63) is 59.3 Å². The molecule has 1 amide bonds. The molecule has 0 aliphatic carbocycles. The van der Waals surface area contributed by atoms with Crippen molar-refractivity contribution in [2.24, 2.45) is 0 Å². The van der Waals surface area contributed by atoms with Gasteiger partial charge in [0.15, 0.2) is 5.72 Å². The van der Waals surface area contributed by atoms with Crippen LogP contribution in [0.15, 0.2) is 42.5 Å². The summed E-state index contributed by atoms with van der Waals surface area (Å²) in [5.41, 5.74) is 0.676. The van der Waals surface area contributed by atoms with Gasteiger partial charge in [-0.3, -0.25) is 9.69 Å². The lowest BCUT2D eigenvalue weighted by Crippen LogP contribution is -2.44. The van der Waals surface area contributed by atoms with Gasteiger partial charge in [-0.1, -0.05) is 31.2 Å². The van der Waals surface area contributed by atoms with Gasteiger partial charge in [-0.25, -0.2) is 4.98 Å². The molecule has 1 N–H and O–H groups in total. The Labute approximate surface area is 117 Å². The molecule has 1 atom stereocenters. The van der Waals surface area contributed by atoms with Crippen LogP contribution in [-0.2, 0) is 5.72 Å². The first-order valence-electron chi connectivity index (χ1n) is 6.68. The lowest BCUT2D eigenvalue weighted by Gasteiger charge is -2.32. The van der Waals surface area contributed by atoms with Crippen LogP contribution in [0.3, 0.4) is 0 Å². The monoisotopic (exact) mass is 268 g/mol. The molecule has 0 fully saturated rings. The number of rotatable bonds is 2. The molecule has 1 aliphatic rings. The molecule has 1 unspecified atom stereocenters. The Morgan fingerprint density at radius 3 is 2.65 bits per heavy atom. The standard InChI is InChI=1S/C16H16N2O2/c1-3-16(20)13-9-5-4-8-12(13)15(19)18(16)14-10-6-7-11(2)17-14/h4-10,20H,3H2,1-2H3. The summed E-state index contributed by atoms with van der Waals surface area (Å²) in [6.07, 6.45) is 0.408. The zero-order chi connectivity index (χ0) is 14.3. The summed E-state index contributed by atoms with van der Waals surface area (Å²) in [6.45, 7) is 3.72. The summed E-state index contributed by atoms with van der Waals surface area (Å²) in [5.74, 6) is 0.276. The average Bonchev–Trinajstić information content (AvgIpc) is 2.69. The van der Waals surface area contributed by atoms with Gasteiger partial charge < -0.3 is 5.11 Å². The molecule has 4 heteroatoms. The molecule has 4 nitrogen and oxygen atoms in total. The van der Waals surface area contributed by atoms with Crippen molar-refractivity contribution >= 4 is 11.7 Å². The summed E-state index contributed by atoms with van der Waals surface area (Å²) in [4.78, 5) is 18.4. The molecule has 1 aliphatic heterocycles. The minimum absolute atomic E-state index is 0.206. The normalized spacial score (nSPS) is 21.1. The van der Waals surface area contributed by atoms with Crippen molar-refractivity contribution in [1.29, 1.82) is 0 Å². The van der Waals surface area contributed by atoms with Gasteiger partial charge in [0.2, 0.25) is 0 Å². The van der Waals surface area contributed by atoms with Gasteiger partial charge in [0, 0.05) is 16.8 Å². The van der Waals surface area contributed by atoms with E-state index in [-0.39, 0.29) is 5.91 Å². The quantitative estimate of drug-likeness (QED) is 0.910. The van der Waals surface area contributed by atoms with E-state index in [4.69, 9.17) is 0 Å². The average molecular weight is 268 g/mol. The van der Waals surface area contributed by atoms with Gasteiger partial charge in [0.25, 0.3) is 5.91 Å². The maximum absolute atomic E-state index is 12.6. The summed E-state index contributed by atoms with van der Waals surface area (Å²) < 4.78 is 0. The number of aliphatic hydroxyl groups is 1. The van der Waals surface area contributed by atoms with E-state index >= 15 is 0 Å². The number of hydrogen-bond acceptors (Lipinski definition) is 3. The molecular weight excluding hydrogens is 252 g/mol. The van der Waals surface area contributed by atoms with Crippen molar-refractivity contribution in [2.45, 2.75) is 26.0 Å². The number of aromatic nitrogens is 1. The number of aryl methyl sites for hydroxylation is 1. The summed E-state index contributed by atoms with van der Waals surface area (Å²) in [6, 6.07) is 12.6. The third-order valence-electron chi connectivity index (χ3n) is 3.76. The summed E-state index contributed by atoms with van der Waals surface area (Å²) in [5, 5.41) is 11.0. The van der Waals surface area contributed by atoms with Crippen molar-refractivity contribution in [1.82, 2.24) is 4.98 Å². The maximum Gasteiger partial charge on any atom is 0.262 e. The predicted molar refractivity (Wildman–Crippen MR) is 76.4 cm³/mol. The molecule has 2 aromatic rings. The number of anilines is 1. The lowest BCUT2D eigenvalue weighted by molar-refractivity contribution is 0.0352. The van der Waals surface area contributed by atoms with Crippen molar-refractivity contribution in [3.8, 4) is 0 Å². The first-order chi connectivity index (χ1) is 9.58. The van der Waals surface area contributed by atoms with E-state index in [0.29, 0.717) is 23.4 Å². The second-order valence-corrected chi connectivity index (χ2v) is 4.99. The highest BCUT2D eigenvalue weighted by molar-refractivity contribution is 6.11. The van der Waals surface area contributed by atoms with E-state index in [0.717, 1.165) is 5.69 Å². The maximum atomic E-state index is 12.6. The highest BCUT2D eigenvalue weighted by Gasteiger charge is 2.48. The molecule has 0 spiro atoms. The van der Waals surface area contributed by atoms with Crippen LogP contribution in [0, 0.1) is 6.92 Å². The first kappa shape index (κ1) is 12.8. The zero-order valence-corrected chi connectivity index (χ0v) is 11.5. The first-order valence-corrected chi connectivity index (χ1v) is 6.68. The molecule has 20 heavy (non-hydrogen) atoms. The summed E-state index contributed by atoms with van der Waals surface area (Å²) in [7, 11) is 0. The second kappa shape index (κ2) is 4.42. The molecule has 0 radical (unpaired) electrons. The van der Waals surface area contributed by atoms with E-state index in [1.165, 1.54) is 4.90 Å². The number of pyridine rings is 1. The Morgan fingerprint density at radius 1 is 1.20 bits per heavy atom. The number of amides is 1. The Morgan fingerprint density at radius 2 is 1.95 bits per heavy atom. The summed E-state index contributed by atoms with van der Waals surface area (Å²) >= 11 is 0. The molecule has 102 valence electrons. The van der Waals surface area contributed by atoms with Crippen molar-refractivity contribution < 1.29 is 9.90 Å². The Balaban J connectivity index is 2.20. The number of nitrogens with zero attached hydrogens (tertiary/aromatic N) is 2. The molecule has 1 aromatic carbocycles. The Bertz CT molecular complexity index is 684. The van der Waals surface area contributed by atoms with Crippen LogP contribution < -0.4 is 4.90 Å². The van der Waals surface area contributed by atoms with Crippen LogP contribution in [0.25, 0.3) is 0 Å². The molecule has 2 heterocycles. The van der Waals surface area contributed by atoms with Crippen LogP contribution in [0.5, 0.6) is 0 Å². The van der Waals surface area contributed by atoms with Crippen LogP contribution in [0.1, 0.15) is 35.0 Å². The van der Waals surface area contributed by atoms with Gasteiger partial charge in [-0.15, -0.1) is 0 Å². The molecule has 0 saturated carbocycles. The largest absolute Gasteiger partial charge is 0.366 e. The Hall–Kier alpha value is -2.20. The number of carbonyl (C=O) groups is 1. The van der Waals surface area contributed by atoms with Crippen LogP contribution in [-0.4, -0.2) is 16.0 Å². The minimum Gasteiger partial charge on any atom is -0.366 e. The van der Waals surface area contributed by atoms with Crippen molar-refractivity contribution in [2.75, 3.05) is 4.90 Å². The topological polar surface area (TPSA) is 53.4 Å². The van der Waals surface area contributed by atoms with Crippen LogP contribution in [0.4, 0.5) is 5.82 Å². The molecule has 0 saturated heterocycles. The van der Waals surface area contributed by atoms with Gasteiger partial charge in [-0.2, -0.15) is 0 Å². The van der Waals surface area contributed by atoms with Crippen LogP contribution in [0.2, 0.25) is 0 Å². The van der Waals surface area contributed by atoms with E-state index in [1.54, 1.807) is 24.3 Å².